The first-order valence-corrected chi connectivity index (χ1v) is 4.49. The van der Waals surface area contributed by atoms with Gasteiger partial charge in [-0.05, 0) is 18.2 Å². The van der Waals surface area contributed by atoms with E-state index >= 15 is 0 Å². The number of nitrogens with one attached hydrogen (secondary N) is 1. The Hall–Kier alpha value is -1.22. The summed E-state index contributed by atoms with van der Waals surface area (Å²) in [7, 11) is 0. The fourth-order valence-electron chi connectivity index (χ4n) is 1.33. The second kappa shape index (κ2) is 3.26. The van der Waals surface area contributed by atoms with Crippen LogP contribution in [0.3, 0.4) is 0 Å². The van der Waals surface area contributed by atoms with Crippen molar-refractivity contribution in [1.29, 1.82) is 0 Å². The van der Waals surface area contributed by atoms with Crippen LogP contribution in [0.25, 0.3) is 0 Å². The van der Waals surface area contributed by atoms with Crippen molar-refractivity contribution in [3.05, 3.63) is 28.8 Å². The number of aliphatic imine (C=N–C) groups is 1. The third-order valence-electron chi connectivity index (χ3n) is 1.94. The number of anilines is 1. The maximum atomic E-state index is 5.80. The van der Waals surface area contributed by atoms with Gasteiger partial charge in [0.05, 0.1) is 6.54 Å². The Morgan fingerprint density at radius 3 is 2.92 bits per heavy atom. The standard InChI is InChI=1S/C9H10ClN3/c10-6-1-2-7(8(11)5-6)9-12-3-4-13-9/h1-2,5H,3-4,11H2,(H,12,13). The van der Waals surface area contributed by atoms with Gasteiger partial charge in [-0.25, -0.2) is 0 Å². The van der Waals surface area contributed by atoms with E-state index in [9.17, 15) is 0 Å². The van der Waals surface area contributed by atoms with Gasteiger partial charge in [0.15, 0.2) is 0 Å². The molecule has 1 aliphatic rings. The second-order valence-electron chi connectivity index (χ2n) is 2.89. The Morgan fingerprint density at radius 1 is 1.46 bits per heavy atom. The van der Waals surface area contributed by atoms with Crippen molar-refractivity contribution in [3.63, 3.8) is 0 Å². The van der Waals surface area contributed by atoms with Crippen LogP contribution in [0.1, 0.15) is 5.56 Å². The molecular formula is C9H10ClN3. The van der Waals surface area contributed by atoms with Gasteiger partial charge in [0, 0.05) is 22.8 Å². The minimum Gasteiger partial charge on any atom is -0.398 e. The summed E-state index contributed by atoms with van der Waals surface area (Å²) in [5, 5.41) is 3.81. The monoisotopic (exact) mass is 195 g/mol. The van der Waals surface area contributed by atoms with Gasteiger partial charge in [0.1, 0.15) is 5.84 Å². The average Bonchev–Trinajstić information content (AvgIpc) is 2.56. The maximum Gasteiger partial charge on any atom is 0.130 e. The van der Waals surface area contributed by atoms with Gasteiger partial charge in [0.25, 0.3) is 0 Å². The van der Waals surface area contributed by atoms with Crippen molar-refractivity contribution >= 4 is 23.1 Å². The molecule has 3 nitrogen and oxygen atoms in total. The number of nitrogens with two attached hydrogens (primary N) is 1. The highest BCUT2D eigenvalue weighted by Crippen LogP contribution is 2.18. The van der Waals surface area contributed by atoms with Crippen LogP contribution in [0, 0.1) is 0 Å². The average molecular weight is 196 g/mol. The number of halogens is 1. The highest BCUT2D eigenvalue weighted by Gasteiger charge is 2.10. The first kappa shape index (κ1) is 8.38. The lowest BCUT2D eigenvalue weighted by molar-refractivity contribution is 0.960. The molecule has 2 rings (SSSR count). The SMILES string of the molecule is Nc1cc(Cl)ccc1C1=NCCN1. The van der Waals surface area contributed by atoms with Crippen molar-refractivity contribution in [2.75, 3.05) is 18.8 Å². The summed E-state index contributed by atoms with van der Waals surface area (Å²) in [5.41, 5.74) is 7.40. The number of hydrogen-bond acceptors (Lipinski definition) is 3. The van der Waals surface area contributed by atoms with Gasteiger partial charge in [-0.3, -0.25) is 4.99 Å². The molecule has 0 saturated carbocycles. The van der Waals surface area contributed by atoms with E-state index in [0.29, 0.717) is 10.7 Å². The fraction of sp³-hybridized carbons (Fsp3) is 0.222. The molecule has 4 heteroatoms. The summed E-state index contributed by atoms with van der Waals surface area (Å²) in [5.74, 6) is 0.870. The van der Waals surface area contributed by atoms with E-state index in [1.54, 1.807) is 6.07 Å². The largest absolute Gasteiger partial charge is 0.398 e. The minimum absolute atomic E-state index is 0.653. The molecule has 1 aromatic carbocycles. The summed E-state index contributed by atoms with van der Waals surface area (Å²) in [6, 6.07) is 5.43. The van der Waals surface area contributed by atoms with Gasteiger partial charge < -0.3 is 11.1 Å². The molecule has 0 unspecified atom stereocenters. The fourth-order valence-corrected chi connectivity index (χ4v) is 1.51. The second-order valence-corrected chi connectivity index (χ2v) is 3.33. The summed E-state index contributed by atoms with van der Waals surface area (Å²) >= 11 is 5.78. The van der Waals surface area contributed by atoms with E-state index in [2.05, 4.69) is 10.3 Å². The number of amidine groups is 1. The smallest absolute Gasteiger partial charge is 0.130 e. The predicted molar refractivity (Wildman–Crippen MR) is 55.3 cm³/mol. The van der Waals surface area contributed by atoms with Gasteiger partial charge in [0.2, 0.25) is 0 Å². The molecule has 0 bridgehead atoms. The number of nitrogen functional groups attached to an aromatic ring is 1. The Bertz CT molecular complexity index is 360. The van der Waals surface area contributed by atoms with E-state index in [4.69, 9.17) is 17.3 Å². The van der Waals surface area contributed by atoms with E-state index in [0.717, 1.165) is 24.5 Å². The summed E-state index contributed by atoms with van der Waals surface area (Å²) in [6.45, 7) is 1.70. The van der Waals surface area contributed by atoms with E-state index in [-0.39, 0.29) is 0 Å². The van der Waals surface area contributed by atoms with Crippen molar-refractivity contribution in [1.82, 2.24) is 5.32 Å². The molecule has 0 fully saturated rings. The molecule has 68 valence electrons. The lowest BCUT2D eigenvalue weighted by Crippen LogP contribution is -2.20. The van der Waals surface area contributed by atoms with Gasteiger partial charge in [-0.2, -0.15) is 0 Å². The van der Waals surface area contributed by atoms with Crippen molar-refractivity contribution in [2.45, 2.75) is 0 Å². The molecule has 1 heterocycles. The zero-order valence-electron chi connectivity index (χ0n) is 7.05. The molecule has 3 N–H and O–H groups in total. The van der Waals surface area contributed by atoms with Gasteiger partial charge >= 0.3 is 0 Å². The van der Waals surface area contributed by atoms with Crippen LogP contribution in [0.2, 0.25) is 5.02 Å². The molecule has 0 aromatic heterocycles. The van der Waals surface area contributed by atoms with Gasteiger partial charge in [-0.1, -0.05) is 11.6 Å². The van der Waals surface area contributed by atoms with Crippen LogP contribution in [0.5, 0.6) is 0 Å². The molecule has 0 aliphatic carbocycles. The topological polar surface area (TPSA) is 50.4 Å². The highest BCUT2D eigenvalue weighted by atomic mass is 35.5. The summed E-state index contributed by atoms with van der Waals surface area (Å²) < 4.78 is 0. The van der Waals surface area contributed by atoms with Crippen molar-refractivity contribution in [2.24, 2.45) is 4.99 Å². The van der Waals surface area contributed by atoms with Crippen molar-refractivity contribution in [3.8, 4) is 0 Å². The van der Waals surface area contributed by atoms with Crippen LogP contribution in [0.4, 0.5) is 5.69 Å². The Morgan fingerprint density at radius 2 is 2.31 bits per heavy atom. The molecular weight excluding hydrogens is 186 g/mol. The van der Waals surface area contributed by atoms with Gasteiger partial charge in [-0.15, -0.1) is 0 Å². The normalized spacial score (nSPS) is 15.3. The molecule has 1 aliphatic heterocycles. The van der Waals surface area contributed by atoms with Crippen LogP contribution in [0.15, 0.2) is 23.2 Å². The maximum absolute atomic E-state index is 5.80. The van der Waals surface area contributed by atoms with Crippen LogP contribution >= 0.6 is 11.6 Å². The molecule has 0 spiro atoms. The molecule has 0 saturated heterocycles. The third kappa shape index (κ3) is 1.60. The molecule has 0 radical (unpaired) electrons. The first-order valence-electron chi connectivity index (χ1n) is 4.11. The van der Waals surface area contributed by atoms with Crippen LogP contribution in [-0.4, -0.2) is 18.9 Å². The Labute approximate surface area is 81.6 Å². The van der Waals surface area contributed by atoms with E-state index < -0.39 is 0 Å². The molecule has 0 amide bonds. The number of rotatable bonds is 1. The van der Waals surface area contributed by atoms with Crippen LogP contribution in [-0.2, 0) is 0 Å². The lowest BCUT2D eigenvalue weighted by atomic mass is 10.1. The zero-order valence-corrected chi connectivity index (χ0v) is 7.80. The third-order valence-corrected chi connectivity index (χ3v) is 2.18. The summed E-state index contributed by atoms with van der Waals surface area (Å²) in [4.78, 5) is 4.28. The van der Waals surface area contributed by atoms with Crippen molar-refractivity contribution < 1.29 is 0 Å². The Balaban J connectivity index is 2.40. The Kier molecular flexibility index (Phi) is 2.10. The van der Waals surface area contributed by atoms with E-state index in [1.807, 2.05) is 12.1 Å². The molecule has 1 aromatic rings. The zero-order chi connectivity index (χ0) is 9.26. The molecule has 0 atom stereocenters. The predicted octanol–water partition coefficient (Wildman–Crippen LogP) is 1.27. The minimum atomic E-state index is 0.653. The number of benzene rings is 1. The quantitative estimate of drug-likeness (QED) is 0.664. The highest BCUT2D eigenvalue weighted by molar-refractivity contribution is 6.31. The number of hydrogen-bond donors (Lipinski definition) is 2. The first-order chi connectivity index (χ1) is 6.27. The van der Waals surface area contributed by atoms with Crippen LogP contribution < -0.4 is 11.1 Å². The van der Waals surface area contributed by atoms with E-state index in [1.165, 1.54) is 0 Å². The lowest BCUT2D eigenvalue weighted by Gasteiger charge is -2.05. The summed E-state index contributed by atoms with van der Waals surface area (Å²) in [6.07, 6.45) is 0. The molecule has 13 heavy (non-hydrogen) atoms. The number of nitrogens with zero attached hydrogens (tertiary/aromatic N) is 1.